The van der Waals surface area contributed by atoms with E-state index in [1.54, 1.807) is 7.11 Å². The molecule has 106 valence electrons. The van der Waals surface area contributed by atoms with Crippen molar-refractivity contribution in [3.05, 3.63) is 11.5 Å². The fourth-order valence-corrected chi connectivity index (χ4v) is 2.88. The minimum atomic E-state index is 0.353. The van der Waals surface area contributed by atoms with Gasteiger partial charge in [-0.15, -0.1) is 0 Å². The Kier molecular flexibility index (Phi) is 5.25. The lowest BCUT2D eigenvalue weighted by atomic mass is 9.81. The molecule has 0 unspecified atom stereocenters. The largest absolute Gasteiger partial charge is 0.490 e. The van der Waals surface area contributed by atoms with Gasteiger partial charge in [0.1, 0.15) is 6.33 Å². The van der Waals surface area contributed by atoms with E-state index in [1.165, 1.54) is 38.4 Å². The van der Waals surface area contributed by atoms with Gasteiger partial charge in [-0.05, 0) is 18.3 Å². The molecule has 1 aliphatic carbocycles. The molecule has 0 aromatic carbocycles. The first-order chi connectivity index (χ1) is 9.20. The molecular formula is C14H22ClN3O. The first-order valence-corrected chi connectivity index (χ1v) is 7.37. The zero-order valence-electron chi connectivity index (χ0n) is 11.7. The van der Waals surface area contributed by atoms with E-state index in [4.69, 9.17) is 16.3 Å². The summed E-state index contributed by atoms with van der Waals surface area (Å²) in [6.07, 6.45) is 8.07. The molecule has 19 heavy (non-hydrogen) atoms. The summed E-state index contributed by atoms with van der Waals surface area (Å²) in [7, 11) is 1.58. The van der Waals surface area contributed by atoms with Crippen LogP contribution in [-0.2, 0) is 0 Å². The van der Waals surface area contributed by atoms with E-state index in [0.29, 0.717) is 16.7 Å². The number of anilines is 1. The monoisotopic (exact) mass is 283 g/mol. The second-order valence-electron chi connectivity index (χ2n) is 5.39. The molecular weight excluding hydrogens is 262 g/mol. The third-order valence-electron chi connectivity index (χ3n) is 3.94. The van der Waals surface area contributed by atoms with Crippen molar-refractivity contribution in [1.82, 2.24) is 9.97 Å². The number of methoxy groups -OCH3 is 1. The Morgan fingerprint density at radius 1 is 1.32 bits per heavy atom. The molecule has 0 bridgehead atoms. The number of halogens is 1. The van der Waals surface area contributed by atoms with Gasteiger partial charge in [0.2, 0.25) is 0 Å². The third-order valence-corrected chi connectivity index (χ3v) is 4.21. The quantitative estimate of drug-likeness (QED) is 0.836. The minimum Gasteiger partial charge on any atom is -0.490 e. The second kappa shape index (κ2) is 6.94. The van der Waals surface area contributed by atoms with Gasteiger partial charge >= 0.3 is 0 Å². The SMILES string of the molecule is COc1c(Cl)ncnc1NCCC1CCC(C)CC1. The van der Waals surface area contributed by atoms with E-state index < -0.39 is 0 Å². The zero-order valence-corrected chi connectivity index (χ0v) is 12.4. The molecule has 1 fully saturated rings. The van der Waals surface area contributed by atoms with Gasteiger partial charge in [0.25, 0.3) is 0 Å². The molecule has 1 aromatic heterocycles. The lowest BCUT2D eigenvalue weighted by Gasteiger charge is -2.26. The predicted molar refractivity (Wildman–Crippen MR) is 77.8 cm³/mol. The molecule has 0 aliphatic heterocycles. The number of aromatic nitrogens is 2. The maximum atomic E-state index is 5.96. The highest BCUT2D eigenvalue weighted by Gasteiger charge is 2.18. The van der Waals surface area contributed by atoms with Crippen LogP contribution in [-0.4, -0.2) is 23.6 Å². The predicted octanol–water partition coefficient (Wildman–Crippen LogP) is 3.77. The van der Waals surface area contributed by atoms with Crippen molar-refractivity contribution in [3.63, 3.8) is 0 Å². The standard InChI is InChI=1S/C14H22ClN3O/c1-10-3-5-11(6-4-10)7-8-16-14-12(19-2)13(15)17-9-18-14/h9-11H,3-8H2,1-2H3,(H,16,17,18). The Morgan fingerprint density at radius 3 is 2.74 bits per heavy atom. The Bertz CT molecular complexity index is 406. The summed E-state index contributed by atoms with van der Waals surface area (Å²) in [5.74, 6) is 2.96. The smallest absolute Gasteiger partial charge is 0.198 e. The van der Waals surface area contributed by atoms with Gasteiger partial charge in [-0.25, -0.2) is 9.97 Å². The first kappa shape index (κ1) is 14.4. The van der Waals surface area contributed by atoms with Crippen molar-refractivity contribution >= 4 is 17.4 Å². The Morgan fingerprint density at radius 2 is 2.05 bits per heavy atom. The van der Waals surface area contributed by atoms with Gasteiger partial charge in [-0.2, -0.15) is 0 Å². The van der Waals surface area contributed by atoms with Gasteiger partial charge in [0.05, 0.1) is 7.11 Å². The maximum Gasteiger partial charge on any atom is 0.198 e. The molecule has 0 spiro atoms. The van der Waals surface area contributed by atoms with Crippen LogP contribution in [0.25, 0.3) is 0 Å². The summed E-state index contributed by atoms with van der Waals surface area (Å²) in [5.41, 5.74) is 0. The highest BCUT2D eigenvalue weighted by molar-refractivity contribution is 6.31. The van der Waals surface area contributed by atoms with Gasteiger partial charge in [-0.1, -0.05) is 44.2 Å². The lowest BCUT2D eigenvalue weighted by Crippen LogP contribution is -2.16. The molecule has 5 heteroatoms. The van der Waals surface area contributed by atoms with Gasteiger partial charge in [-0.3, -0.25) is 0 Å². The Labute approximate surface area is 119 Å². The van der Waals surface area contributed by atoms with Gasteiger partial charge in [0.15, 0.2) is 16.7 Å². The molecule has 4 nitrogen and oxygen atoms in total. The topological polar surface area (TPSA) is 47.0 Å². The average Bonchev–Trinajstić information content (AvgIpc) is 2.41. The van der Waals surface area contributed by atoms with Crippen LogP contribution in [0.2, 0.25) is 5.15 Å². The highest BCUT2D eigenvalue weighted by atomic mass is 35.5. The van der Waals surface area contributed by atoms with Crippen LogP contribution in [0.3, 0.4) is 0 Å². The molecule has 0 radical (unpaired) electrons. The van der Waals surface area contributed by atoms with E-state index in [0.717, 1.165) is 18.4 Å². The van der Waals surface area contributed by atoms with Gasteiger partial charge < -0.3 is 10.1 Å². The number of hydrogen-bond donors (Lipinski definition) is 1. The zero-order chi connectivity index (χ0) is 13.7. The Balaban J connectivity index is 1.81. The number of nitrogens with one attached hydrogen (secondary N) is 1. The fraction of sp³-hybridized carbons (Fsp3) is 0.714. The van der Waals surface area contributed by atoms with Crippen LogP contribution in [0.1, 0.15) is 39.0 Å². The van der Waals surface area contributed by atoms with Crippen molar-refractivity contribution in [1.29, 1.82) is 0 Å². The number of nitrogens with zero attached hydrogens (tertiary/aromatic N) is 2. The van der Waals surface area contributed by atoms with Crippen LogP contribution in [0, 0.1) is 11.8 Å². The molecule has 2 rings (SSSR count). The molecule has 0 atom stereocenters. The lowest BCUT2D eigenvalue weighted by molar-refractivity contribution is 0.281. The summed E-state index contributed by atoms with van der Waals surface area (Å²) in [4.78, 5) is 8.08. The molecule has 1 saturated carbocycles. The van der Waals surface area contributed by atoms with Crippen molar-refractivity contribution in [2.45, 2.75) is 39.0 Å². The van der Waals surface area contributed by atoms with E-state index in [9.17, 15) is 0 Å². The second-order valence-corrected chi connectivity index (χ2v) is 5.75. The number of ether oxygens (including phenoxy) is 1. The summed E-state index contributed by atoms with van der Waals surface area (Å²) < 4.78 is 5.21. The van der Waals surface area contributed by atoms with Crippen LogP contribution < -0.4 is 10.1 Å². The van der Waals surface area contributed by atoms with Gasteiger partial charge in [0, 0.05) is 6.54 Å². The summed E-state index contributed by atoms with van der Waals surface area (Å²) in [6, 6.07) is 0. The number of rotatable bonds is 5. The van der Waals surface area contributed by atoms with E-state index in [2.05, 4.69) is 22.2 Å². The van der Waals surface area contributed by atoms with E-state index in [1.807, 2.05) is 0 Å². The molecule has 1 aromatic rings. The number of hydrogen-bond acceptors (Lipinski definition) is 4. The first-order valence-electron chi connectivity index (χ1n) is 6.99. The summed E-state index contributed by atoms with van der Waals surface area (Å²) >= 11 is 5.96. The Hall–Kier alpha value is -1.03. The molecule has 0 saturated heterocycles. The van der Waals surface area contributed by atoms with Crippen LogP contribution in [0.15, 0.2) is 6.33 Å². The van der Waals surface area contributed by atoms with Crippen LogP contribution >= 0.6 is 11.6 Å². The van der Waals surface area contributed by atoms with Crippen LogP contribution in [0.5, 0.6) is 5.75 Å². The molecule has 0 amide bonds. The van der Waals surface area contributed by atoms with E-state index in [-0.39, 0.29) is 0 Å². The maximum absolute atomic E-state index is 5.96. The minimum absolute atomic E-state index is 0.353. The van der Waals surface area contributed by atoms with Crippen molar-refractivity contribution in [2.75, 3.05) is 19.0 Å². The highest BCUT2D eigenvalue weighted by Crippen LogP contribution is 2.31. The van der Waals surface area contributed by atoms with Crippen molar-refractivity contribution in [3.8, 4) is 5.75 Å². The van der Waals surface area contributed by atoms with Crippen molar-refractivity contribution in [2.24, 2.45) is 11.8 Å². The molecule has 1 N–H and O–H groups in total. The van der Waals surface area contributed by atoms with Crippen molar-refractivity contribution < 1.29 is 4.74 Å². The molecule has 1 heterocycles. The average molecular weight is 284 g/mol. The van der Waals surface area contributed by atoms with E-state index >= 15 is 0 Å². The normalized spacial score (nSPS) is 23.1. The summed E-state index contributed by atoms with van der Waals surface area (Å²) in [6.45, 7) is 3.25. The molecule has 1 aliphatic rings. The fourth-order valence-electron chi connectivity index (χ4n) is 2.67. The summed E-state index contributed by atoms with van der Waals surface area (Å²) in [5, 5.41) is 3.66. The third kappa shape index (κ3) is 3.96. The van der Waals surface area contributed by atoms with Crippen LogP contribution in [0.4, 0.5) is 5.82 Å².